The maximum absolute atomic E-state index is 12.5. The van der Waals surface area contributed by atoms with E-state index < -0.39 is 5.97 Å². The van der Waals surface area contributed by atoms with E-state index >= 15 is 0 Å². The smallest absolute Gasteiger partial charge is 0.339 e. The van der Waals surface area contributed by atoms with Crippen LogP contribution in [0.5, 0.6) is 0 Å². The number of hydrogen-bond acceptors (Lipinski definition) is 3. The third kappa shape index (κ3) is 3.46. The van der Waals surface area contributed by atoms with Crippen LogP contribution in [0.15, 0.2) is 10.5 Å². The first-order valence-corrected chi connectivity index (χ1v) is 7.49. The predicted molar refractivity (Wildman–Crippen MR) is 78.6 cm³/mol. The topological polar surface area (TPSA) is 70.8 Å². The number of likely N-dealkylation sites (tertiary alicyclic amines) is 1. The van der Waals surface area contributed by atoms with Crippen LogP contribution in [-0.2, 0) is 6.42 Å². The molecule has 0 aromatic carbocycles. The molecule has 1 saturated heterocycles. The van der Waals surface area contributed by atoms with Gasteiger partial charge in [0.05, 0.1) is 0 Å². The summed E-state index contributed by atoms with van der Waals surface area (Å²) in [6.07, 6.45) is 3.47. The number of carbonyl (C=O) groups is 2. The fourth-order valence-corrected chi connectivity index (χ4v) is 2.76. The number of aryl methyl sites for hydroxylation is 1. The van der Waals surface area contributed by atoms with Crippen molar-refractivity contribution in [2.45, 2.75) is 46.5 Å². The molecule has 2 rings (SSSR count). The summed E-state index contributed by atoms with van der Waals surface area (Å²) >= 11 is 0. The molecule has 1 aliphatic rings. The average molecular weight is 293 g/mol. The Labute approximate surface area is 124 Å². The van der Waals surface area contributed by atoms with Crippen LogP contribution in [0.25, 0.3) is 0 Å². The van der Waals surface area contributed by atoms with E-state index in [0.29, 0.717) is 25.3 Å². The minimum absolute atomic E-state index is 0.0935. The first-order chi connectivity index (χ1) is 9.84. The summed E-state index contributed by atoms with van der Waals surface area (Å²) in [6.45, 7) is 7.63. The van der Waals surface area contributed by atoms with Gasteiger partial charge in [0.15, 0.2) is 5.76 Å². The van der Waals surface area contributed by atoms with E-state index in [9.17, 15) is 9.59 Å². The third-order valence-corrected chi connectivity index (χ3v) is 4.20. The minimum Gasteiger partial charge on any atom is -0.478 e. The Bertz CT molecular complexity index is 544. The maximum atomic E-state index is 12.5. The Morgan fingerprint density at radius 3 is 2.62 bits per heavy atom. The van der Waals surface area contributed by atoms with Gasteiger partial charge in [0.2, 0.25) is 0 Å². The van der Waals surface area contributed by atoms with Crippen molar-refractivity contribution in [2.24, 2.45) is 5.41 Å². The lowest BCUT2D eigenvalue weighted by molar-refractivity contribution is 0.0691. The number of nitrogens with zero attached hydrogens (tertiary/aromatic N) is 1. The molecule has 0 spiro atoms. The first kappa shape index (κ1) is 15.6. The Hall–Kier alpha value is -1.78. The number of carboxylic acid groups (broad SMARTS) is 1. The Kier molecular flexibility index (Phi) is 4.40. The minimum atomic E-state index is -1.05. The average Bonchev–Trinajstić information content (AvgIpc) is 2.77. The van der Waals surface area contributed by atoms with E-state index in [1.165, 1.54) is 6.07 Å². The Morgan fingerprint density at radius 1 is 1.33 bits per heavy atom. The Morgan fingerprint density at radius 2 is 2.05 bits per heavy atom. The zero-order valence-electron chi connectivity index (χ0n) is 12.9. The summed E-state index contributed by atoms with van der Waals surface area (Å²) in [5.74, 6) is -0.744. The van der Waals surface area contributed by atoms with Crippen molar-refractivity contribution in [3.63, 3.8) is 0 Å². The Balaban J connectivity index is 2.18. The van der Waals surface area contributed by atoms with Gasteiger partial charge in [0, 0.05) is 25.6 Å². The molecule has 0 saturated carbocycles. The molecule has 1 amide bonds. The molecule has 1 N–H and O–H groups in total. The third-order valence-electron chi connectivity index (χ3n) is 4.20. The summed E-state index contributed by atoms with van der Waals surface area (Å²) in [6, 6.07) is 1.36. The predicted octanol–water partition coefficient (Wildman–Crippen LogP) is 3.19. The number of rotatable bonds is 3. The maximum Gasteiger partial charge on any atom is 0.339 e. The fraction of sp³-hybridized carbons (Fsp3) is 0.625. The van der Waals surface area contributed by atoms with Crippen LogP contribution in [0.2, 0.25) is 0 Å². The molecule has 5 heteroatoms. The van der Waals surface area contributed by atoms with Crippen LogP contribution in [0.3, 0.4) is 0 Å². The van der Waals surface area contributed by atoms with Gasteiger partial charge in [-0.2, -0.15) is 0 Å². The van der Waals surface area contributed by atoms with Crippen molar-refractivity contribution < 1.29 is 19.1 Å². The molecule has 0 aliphatic carbocycles. The molecule has 1 aliphatic heterocycles. The van der Waals surface area contributed by atoms with Gasteiger partial charge in [-0.15, -0.1) is 0 Å². The highest BCUT2D eigenvalue weighted by atomic mass is 16.4. The van der Waals surface area contributed by atoms with Gasteiger partial charge in [0.25, 0.3) is 5.91 Å². The SMILES string of the molecule is CCc1oc(C(=O)N2CCCC(C)(C)CC2)cc1C(=O)O. The molecule has 1 aromatic heterocycles. The summed E-state index contributed by atoms with van der Waals surface area (Å²) < 4.78 is 5.46. The highest BCUT2D eigenvalue weighted by Gasteiger charge is 2.28. The summed E-state index contributed by atoms with van der Waals surface area (Å²) in [5.41, 5.74) is 0.343. The van der Waals surface area contributed by atoms with Gasteiger partial charge in [-0.1, -0.05) is 20.8 Å². The first-order valence-electron chi connectivity index (χ1n) is 7.49. The van der Waals surface area contributed by atoms with E-state index in [-0.39, 0.29) is 22.6 Å². The number of aromatic carboxylic acids is 1. The second-order valence-corrected chi connectivity index (χ2v) is 6.42. The molecule has 116 valence electrons. The zero-order chi connectivity index (χ0) is 15.6. The van der Waals surface area contributed by atoms with Gasteiger partial charge in [-0.05, 0) is 24.7 Å². The fourth-order valence-electron chi connectivity index (χ4n) is 2.76. The van der Waals surface area contributed by atoms with Gasteiger partial charge < -0.3 is 14.4 Å². The molecule has 1 fully saturated rings. The largest absolute Gasteiger partial charge is 0.478 e. The molecular formula is C16H23NO4. The van der Waals surface area contributed by atoms with Crippen LogP contribution >= 0.6 is 0 Å². The molecule has 0 bridgehead atoms. The zero-order valence-corrected chi connectivity index (χ0v) is 12.9. The van der Waals surface area contributed by atoms with Crippen LogP contribution in [0, 0.1) is 5.41 Å². The number of carboxylic acids is 1. The molecule has 1 aromatic rings. The van der Waals surface area contributed by atoms with E-state index in [4.69, 9.17) is 9.52 Å². The molecule has 5 nitrogen and oxygen atoms in total. The van der Waals surface area contributed by atoms with Gasteiger partial charge in [-0.3, -0.25) is 4.79 Å². The van der Waals surface area contributed by atoms with Crippen molar-refractivity contribution in [3.05, 3.63) is 23.2 Å². The number of carbonyl (C=O) groups excluding carboxylic acids is 1. The second kappa shape index (κ2) is 5.92. The van der Waals surface area contributed by atoms with Crippen molar-refractivity contribution in [3.8, 4) is 0 Å². The van der Waals surface area contributed by atoms with Crippen molar-refractivity contribution >= 4 is 11.9 Å². The van der Waals surface area contributed by atoms with Crippen LogP contribution in [0.1, 0.15) is 66.7 Å². The highest BCUT2D eigenvalue weighted by molar-refractivity contribution is 5.96. The van der Waals surface area contributed by atoms with E-state index in [2.05, 4.69) is 13.8 Å². The van der Waals surface area contributed by atoms with Crippen molar-refractivity contribution in [1.29, 1.82) is 0 Å². The number of amides is 1. The van der Waals surface area contributed by atoms with E-state index in [1.807, 2.05) is 6.92 Å². The normalized spacial score (nSPS) is 18.3. The molecular weight excluding hydrogens is 270 g/mol. The monoisotopic (exact) mass is 293 g/mol. The molecule has 2 heterocycles. The van der Waals surface area contributed by atoms with E-state index in [0.717, 1.165) is 19.3 Å². The van der Waals surface area contributed by atoms with Crippen molar-refractivity contribution in [1.82, 2.24) is 4.90 Å². The molecule has 21 heavy (non-hydrogen) atoms. The van der Waals surface area contributed by atoms with Gasteiger partial charge in [-0.25, -0.2) is 4.79 Å². The lowest BCUT2D eigenvalue weighted by atomic mass is 9.85. The van der Waals surface area contributed by atoms with Gasteiger partial charge >= 0.3 is 5.97 Å². The van der Waals surface area contributed by atoms with Crippen LogP contribution < -0.4 is 0 Å². The van der Waals surface area contributed by atoms with Crippen LogP contribution in [0.4, 0.5) is 0 Å². The van der Waals surface area contributed by atoms with Gasteiger partial charge in [0.1, 0.15) is 11.3 Å². The lowest BCUT2D eigenvalue weighted by Crippen LogP contribution is -2.32. The number of hydrogen-bond donors (Lipinski definition) is 1. The quantitative estimate of drug-likeness (QED) is 0.929. The highest BCUT2D eigenvalue weighted by Crippen LogP contribution is 2.30. The number of furan rings is 1. The van der Waals surface area contributed by atoms with Crippen molar-refractivity contribution in [2.75, 3.05) is 13.1 Å². The molecule has 0 atom stereocenters. The lowest BCUT2D eigenvalue weighted by Gasteiger charge is -2.22. The van der Waals surface area contributed by atoms with Crippen LogP contribution in [-0.4, -0.2) is 35.0 Å². The van der Waals surface area contributed by atoms with E-state index in [1.54, 1.807) is 4.90 Å². The summed E-state index contributed by atoms with van der Waals surface area (Å²) in [4.78, 5) is 25.4. The molecule has 0 unspecified atom stereocenters. The summed E-state index contributed by atoms with van der Waals surface area (Å²) in [7, 11) is 0. The second-order valence-electron chi connectivity index (χ2n) is 6.42. The standard InChI is InChI=1S/C16H23NO4/c1-4-12-11(15(19)20)10-13(21-12)14(18)17-8-5-6-16(2,3)7-9-17/h10H,4-9H2,1-3H3,(H,19,20). The molecule has 0 radical (unpaired) electrons. The summed E-state index contributed by atoms with van der Waals surface area (Å²) in [5, 5.41) is 9.13.